The Labute approximate surface area is 178 Å². The third-order valence-corrected chi connectivity index (χ3v) is 4.78. The van der Waals surface area contributed by atoms with Gasteiger partial charge in [0.05, 0.1) is 29.0 Å². The van der Waals surface area contributed by atoms with E-state index in [0.29, 0.717) is 27.7 Å². The lowest BCUT2D eigenvalue weighted by atomic mass is 10.1. The number of halogens is 1. The highest BCUT2D eigenvalue weighted by atomic mass is 35.5. The van der Waals surface area contributed by atoms with Crippen molar-refractivity contribution in [3.63, 3.8) is 0 Å². The first kappa shape index (κ1) is 19.8. The molecule has 1 amide bonds. The molecule has 4 aromatic rings. The highest BCUT2D eigenvalue weighted by Gasteiger charge is 2.12. The van der Waals surface area contributed by atoms with Gasteiger partial charge in [-0.2, -0.15) is 5.10 Å². The van der Waals surface area contributed by atoms with Crippen LogP contribution in [0.1, 0.15) is 35.8 Å². The van der Waals surface area contributed by atoms with Crippen LogP contribution in [0.25, 0.3) is 11.2 Å². The minimum atomic E-state index is -0.273. The van der Waals surface area contributed by atoms with Crippen LogP contribution in [0.4, 0.5) is 11.5 Å². The Morgan fingerprint density at radius 3 is 2.90 bits per heavy atom. The molecule has 0 bridgehead atoms. The molecule has 0 unspecified atom stereocenters. The molecule has 0 saturated heterocycles. The maximum absolute atomic E-state index is 12.4. The number of fused-ring (bicyclic) bond motifs is 1. The Kier molecular flexibility index (Phi) is 5.58. The summed E-state index contributed by atoms with van der Waals surface area (Å²) in [5, 5.41) is 11.0. The van der Waals surface area contributed by atoms with Gasteiger partial charge >= 0.3 is 0 Å². The van der Waals surface area contributed by atoms with E-state index in [1.54, 1.807) is 16.9 Å². The van der Waals surface area contributed by atoms with E-state index in [-0.39, 0.29) is 11.9 Å². The van der Waals surface area contributed by atoms with Gasteiger partial charge in [0.2, 0.25) is 5.65 Å². The predicted octanol–water partition coefficient (Wildman–Crippen LogP) is 4.32. The largest absolute Gasteiger partial charge is 0.362 e. The number of nitrogens with one attached hydrogen (secondary N) is 2. The smallest absolute Gasteiger partial charge is 0.257 e. The van der Waals surface area contributed by atoms with Crippen LogP contribution in [0.15, 0.2) is 55.1 Å². The van der Waals surface area contributed by atoms with E-state index in [2.05, 4.69) is 30.7 Å². The van der Waals surface area contributed by atoms with E-state index in [1.807, 2.05) is 44.3 Å². The second kappa shape index (κ2) is 8.46. The van der Waals surface area contributed by atoms with Gasteiger partial charge in [-0.25, -0.2) is 9.97 Å². The van der Waals surface area contributed by atoms with E-state index >= 15 is 0 Å². The number of aromatic nitrogens is 5. The van der Waals surface area contributed by atoms with Gasteiger partial charge in [0.15, 0.2) is 0 Å². The lowest BCUT2D eigenvalue weighted by molar-refractivity contribution is 0.102. The summed E-state index contributed by atoms with van der Waals surface area (Å²) in [6, 6.07) is 9.12. The summed E-state index contributed by atoms with van der Waals surface area (Å²) in [4.78, 5) is 25.3. The van der Waals surface area contributed by atoms with Crippen molar-refractivity contribution in [2.75, 3.05) is 10.6 Å². The summed E-state index contributed by atoms with van der Waals surface area (Å²) in [5.41, 5.74) is 3.42. The van der Waals surface area contributed by atoms with Crippen molar-refractivity contribution < 1.29 is 4.79 Å². The summed E-state index contributed by atoms with van der Waals surface area (Å²) in [7, 11) is 0. The quantitative estimate of drug-likeness (QED) is 0.481. The minimum Gasteiger partial charge on any atom is -0.362 e. The molecule has 152 valence electrons. The number of amides is 1. The highest BCUT2D eigenvalue weighted by molar-refractivity contribution is 6.30. The molecule has 8 nitrogen and oxygen atoms in total. The maximum Gasteiger partial charge on any atom is 0.257 e. The number of hydrogen-bond donors (Lipinski definition) is 2. The van der Waals surface area contributed by atoms with E-state index in [4.69, 9.17) is 11.6 Å². The van der Waals surface area contributed by atoms with Crippen LogP contribution in [0.5, 0.6) is 0 Å². The van der Waals surface area contributed by atoms with Crippen molar-refractivity contribution in [3.05, 3.63) is 71.3 Å². The SMILES string of the molecule is CCn1cc2ncc(N[C@@H](C)c3cccc(NC(=O)c4cncc(Cl)c4)c3)nc2n1. The van der Waals surface area contributed by atoms with Crippen LogP contribution in [0, 0.1) is 0 Å². The topological polar surface area (TPSA) is 97.6 Å². The Balaban J connectivity index is 1.48. The zero-order valence-corrected chi connectivity index (χ0v) is 17.3. The average molecular weight is 422 g/mol. The van der Waals surface area contributed by atoms with Crippen LogP contribution < -0.4 is 10.6 Å². The number of carbonyl (C=O) groups excluding carboxylic acids is 1. The fourth-order valence-corrected chi connectivity index (χ4v) is 3.18. The van der Waals surface area contributed by atoms with Crippen LogP contribution in [0.2, 0.25) is 5.02 Å². The van der Waals surface area contributed by atoms with Crippen molar-refractivity contribution >= 4 is 40.2 Å². The molecule has 0 spiro atoms. The van der Waals surface area contributed by atoms with Crippen LogP contribution in [0.3, 0.4) is 0 Å². The molecule has 1 aromatic carbocycles. The summed E-state index contributed by atoms with van der Waals surface area (Å²) in [6.45, 7) is 4.79. The van der Waals surface area contributed by atoms with Gasteiger partial charge in [-0.15, -0.1) is 0 Å². The number of hydrogen-bond acceptors (Lipinski definition) is 6. The number of pyridine rings is 1. The van der Waals surface area contributed by atoms with Gasteiger partial charge in [0, 0.05) is 24.6 Å². The molecule has 0 saturated carbocycles. The Morgan fingerprint density at radius 2 is 2.10 bits per heavy atom. The van der Waals surface area contributed by atoms with Gasteiger partial charge < -0.3 is 10.6 Å². The van der Waals surface area contributed by atoms with Gasteiger partial charge in [0.1, 0.15) is 11.3 Å². The van der Waals surface area contributed by atoms with Crippen molar-refractivity contribution in [1.29, 1.82) is 0 Å². The molecule has 30 heavy (non-hydrogen) atoms. The zero-order chi connectivity index (χ0) is 21.1. The fraction of sp³-hybridized carbons (Fsp3) is 0.190. The number of aryl methyl sites for hydroxylation is 1. The fourth-order valence-electron chi connectivity index (χ4n) is 3.01. The third-order valence-electron chi connectivity index (χ3n) is 4.58. The lowest BCUT2D eigenvalue weighted by Crippen LogP contribution is -2.13. The molecular weight excluding hydrogens is 402 g/mol. The Hall–Kier alpha value is -3.52. The highest BCUT2D eigenvalue weighted by Crippen LogP contribution is 2.22. The van der Waals surface area contributed by atoms with Crippen LogP contribution in [-0.2, 0) is 6.54 Å². The minimum absolute atomic E-state index is 0.0605. The van der Waals surface area contributed by atoms with Gasteiger partial charge in [0.25, 0.3) is 5.91 Å². The van der Waals surface area contributed by atoms with Crippen molar-refractivity contribution in [2.45, 2.75) is 26.4 Å². The molecule has 0 radical (unpaired) electrons. The second-order valence-corrected chi connectivity index (χ2v) is 7.22. The maximum atomic E-state index is 12.4. The van der Waals surface area contributed by atoms with Crippen LogP contribution in [-0.4, -0.2) is 30.6 Å². The van der Waals surface area contributed by atoms with Crippen molar-refractivity contribution in [1.82, 2.24) is 24.7 Å². The number of carbonyl (C=O) groups is 1. The molecule has 0 aliphatic heterocycles. The molecule has 3 aromatic heterocycles. The first-order chi connectivity index (χ1) is 14.5. The van der Waals surface area contributed by atoms with Crippen molar-refractivity contribution in [3.8, 4) is 0 Å². The molecular formula is C21H20ClN7O. The summed E-state index contributed by atoms with van der Waals surface area (Å²) >= 11 is 5.91. The normalized spacial score (nSPS) is 12.0. The standard InChI is InChI=1S/C21H20ClN7O/c1-3-29-12-18-20(28-29)27-19(11-24-18)25-13(2)14-5-4-6-17(8-14)26-21(30)15-7-16(22)10-23-9-15/h4-13H,3H2,1-2H3,(H,26,30)(H,25,27,28)/t13-/m0/s1. The molecule has 0 aliphatic rings. The van der Waals surface area contributed by atoms with Gasteiger partial charge in [-0.3, -0.25) is 14.5 Å². The first-order valence-electron chi connectivity index (χ1n) is 9.50. The number of benzene rings is 1. The van der Waals surface area contributed by atoms with E-state index < -0.39 is 0 Å². The van der Waals surface area contributed by atoms with E-state index in [0.717, 1.165) is 17.6 Å². The Morgan fingerprint density at radius 1 is 1.23 bits per heavy atom. The Bertz CT molecular complexity index is 1210. The molecule has 0 fully saturated rings. The van der Waals surface area contributed by atoms with Gasteiger partial charge in [-0.1, -0.05) is 23.7 Å². The lowest BCUT2D eigenvalue weighted by Gasteiger charge is -2.16. The molecule has 9 heteroatoms. The summed E-state index contributed by atoms with van der Waals surface area (Å²) in [6.07, 6.45) is 6.53. The van der Waals surface area contributed by atoms with Crippen LogP contribution >= 0.6 is 11.6 Å². The van der Waals surface area contributed by atoms with E-state index in [9.17, 15) is 4.79 Å². The average Bonchev–Trinajstić information content (AvgIpc) is 3.16. The van der Waals surface area contributed by atoms with Gasteiger partial charge in [-0.05, 0) is 37.6 Å². The monoisotopic (exact) mass is 421 g/mol. The second-order valence-electron chi connectivity index (χ2n) is 6.79. The summed E-state index contributed by atoms with van der Waals surface area (Å²) < 4.78 is 1.81. The molecule has 2 N–H and O–H groups in total. The first-order valence-corrected chi connectivity index (χ1v) is 9.88. The molecule has 1 atom stereocenters. The molecule has 3 heterocycles. The number of nitrogens with zero attached hydrogens (tertiary/aromatic N) is 5. The molecule has 4 rings (SSSR count). The third kappa shape index (κ3) is 4.38. The predicted molar refractivity (Wildman–Crippen MR) is 117 cm³/mol. The summed E-state index contributed by atoms with van der Waals surface area (Å²) in [5.74, 6) is 0.362. The van der Waals surface area contributed by atoms with Crippen molar-refractivity contribution in [2.24, 2.45) is 0 Å². The number of rotatable bonds is 6. The zero-order valence-electron chi connectivity index (χ0n) is 16.5. The van der Waals surface area contributed by atoms with E-state index in [1.165, 1.54) is 12.4 Å². The molecule has 0 aliphatic carbocycles. The number of anilines is 2.